The van der Waals surface area contributed by atoms with Gasteiger partial charge in [0.25, 0.3) is 5.69 Å². The smallest absolute Gasteiger partial charge is 0.289 e. The first-order valence-corrected chi connectivity index (χ1v) is 6.39. The van der Waals surface area contributed by atoms with Crippen LogP contribution in [0.3, 0.4) is 0 Å². The predicted molar refractivity (Wildman–Crippen MR) is 67.3 cm³/mol. The third-order valence-corrected chi connectivity index (χ3v) is 3.62. The van der Waals surface area contributed by atoms with Gasteiger partial charge in [-0.2, -0.15) is 17.0 Å². The number of nitrogens with zero attached hydrogens (tertiary/aromatic N) is 3. The molecule has 1 heterocycles. The summed E-state index contributed by atoms with van der Waals surface area (Å²) in [7, 11) is 0. The molecule has 0 aliphatic carbocycles. The number of hydrogen-bond donors (Lipinski definition) is 0. The van der Waals surface area contributed by atoms with Crippen LogP contribution in [0.25, 0.3) is 0 Å². The number of benzene rings is 1. The number of nitriles is 1. The molecule has 0 N–H and O–H groups in total. The Hall–Kier alpha value is -1.74. The summed E-state index contributed by atoms with van der Waals surface area (Å²) in [5.41, 5.74) is 0.837. The summed E-state index contributed by atoms with van der Waals surface area (Å²) in [5.74, 6) is 2.07. The molecule has 1 aromatic rings. The SMILES string of the molecule is N#Cc1ccc(N2CCSCC2)cc1[N+](=O)[O-]. The van der Waals surface area contributed by atoms with Gasteiger partial charge < -0.3 is 4.90 Å². The summed E-state index contributed by atoms with van der Waals surface area (Å²) in [6.07, 6.45) is 0. The molecule has 0 aromatic heterocycles. The van der Waals surface area contributed by atoms with Crippen molar-refractivity contribution in [3.05, 3.63) is 33.9 Å². The molecule has 1 aromatic carbocycles. The Balaban J connectivity index is 2.33. The fourth-order valence-corrected chi connectivity index (χ4v) is 2.69. The van der Waals surface area contributed by atoms with Crippen molar-refractivity contribution in [2.24, 2.45) is 0 Å². The third-order valence-electron chi connectivity index (χ3n) is 2.67. The zero-order valence-electron chi connectivity index (χ0n) is 9.13. The molecule has 0 bridgehead atoms. The summed E-state index contributed by atoms with van der Waals surface area (Å²) in [5, 5.41) is 19.6. The highest BCUT2D eigenvalue weighted by molar-refractivity contribution is 7.99. The van der Waals surface area contributed by atoms with Gasteiger partial charge in [0, 0.05) is 36.3 Å². The molecule has 6 heteroatoms. The molecule has 88 valence electrons. The van der Waals surface area contributed by atoms with Crippen LogP contribution in [0.4, 0.5) is 11.4 Å². The average molecular weight is 249 g/mol. The van der Waals surface area contributed by atoms with Gasteiger partial charge in [-0.25, -0.2) is 0 Å². The maximum absolute atomic E-state index is 10.8. The number of thioether (sulfide) groups is 1. The van der Waals surface area contributed by atoms with E-state index in [2.05, 4.69) is 4.90 Å². The lowest BCUT2D eigenvalue weighted by molar-refractivity contribution is -0.385. The molecule has 1 aliphatic heterocycles. The van der Waals surface area contributed by atoms with Gasteiger partial charge in [-0.15, -0.1) is 0 Å². The lowest BCUT2D eigenvalue weighted by atomic mass is 10.1. The average Bonchev–Trinajstić information content (AvgIpc) is 2.39. The quantitative estimate of drug-likeness (QED) is 0.592. The molecule has 1 fully saturated rings. The zero-order chi connectivity index (χ0) is 12.3. The summed E-state index contributed by atoms with van der Waals surface area (Å²) < 4.78 is 0. The second-order valence-corrected chi connectivity index (χ2v) is 4.89. The Morgan fingerprint density at radius 2 is 2.12 bits per heavy atom. The molecular weight excluding hydrogens is 238 g/mol. The van der Waals surface area contributed by atoms with Crippen molar-refractivity contribution in [3.63, 3.8) is 0 Å². The number of anilines is 1. The second-order valence-electron chi connectivity index (χ2n) is 3.67. The van der Waals surface area contributed by atoms with Crippen LogP contribution in [-0.2, 0) is 0 Å². The Morgan fingerprint density at radius 3 is 2.71 bits per heavy atom. The molecule has 1 saturated heterocycles. The highest BCUT2D eigenvalue weighted by Gasteiger charge is 2.18. The van der Waals surface area contributed by atoms with E-state index in [-0.39, 0.29) is 11.3 Å². The van der Waals surface area contributed by atoms with Crippen LogP contribution in [0.1, 0.15) is 5.56 Å². The van der Waals surface area contributed by atoms with Crippen molar-refractivity contribution in [1.29, 1.82) is 5.26 Å². The molecular formula is C11H11N3O2S. The van der Waals surface area contributed by atoms with Crippen LogP contribution in [0.15, 0.2) is 18.2 Å². The minimum absolute atomic E-state index is 0.108. The van der Waals surface area contributed by atoms with E-state index in [4.69, 9.17) is 5.26 Å². The molecule has 5 nitrogen and oxygen atoms in total. The van der Waals surface area contributed by atoms with Crippen LogP contribution >= 0.6 is 11.8 Å². The molecule has 2 rings (SSSR count). The minimum Gasteiger partial charge on any atom is -0.370 e. The second kappa shape index (κ2) is 5.06. The highest BCUT2D eigenvalue weighted by atomic mass is 32.2. The van der Waals surface area contributed by atoms with Gasteiger partial charge >= 0.3 is 0 Å². The number of nitro groups is 1. The van der Waals surface area contributed by atoms with Gasteiger partial charge in [0.05, 0.1) is 4.92 Å². The van der Waals surface area contributed by atoms with Crippen molar-refractivity contribution >= 4 is 23.1 Å². The van der Waals surface area contributed by atoms with Gasteiger partial charge in [0.1, 0.15) is 11.6 Å². The summed E-state index contributed by atoms with van der Waals surface area (Å²) in [4.78, 5) is 12.5. The van der Waals surface area contributed by atoms with Crippen molar-refractivity contribution in [3.8, 4) is 6.07 Å². The van der Waals surface area contributed by atoms with Crippen LogP contribution in [-0.4, -0.2) is 29.5 Å². The Bertz CT molecular complexity index is 478. The van der Waals surface area contributed by atoms with E-state index in [0.717, 1.165) is 30.3 Å². The van der Waals surface area contributed by atoms with Crippen molar-refractivity contribution < 1.29 is 4.92 Å². The van der Waals surface area contributed by atoms with Gasteiger partial charge in [-0.1, -0.05) is 0 Å². The minimum atomic E-state index is -0.499. The Kier molecular flexibility index (Phi) is 3.49. The monoisotopic (exact) mass is 249 g/mol. The number of nitro benzene ring substituents is 1. The molecule has 0 saturated carbocycles. The van der Waals surface area contributed by atoms with Gasteiger partial charge in [0.15, 0.2) is 0 Å². The molecule has 0 radical (unpaired) electrons. The lowest BCUT2D eigenvalue weighted by Gasteiger charge is -2.28. The first kappa shape index (κ1) is 11.7. The third kappa shape index (κ3) is 2.50. The van der Waals surface area contributed by atoms with Crippen LogP contribution in [0.5, 0.6) is 0 Å². The van der Waals surface area contributed by atoms with Crippen molar-refractivity contribution in [1.82, 2.24) is 0 Å². The molecule has 0 unspecified atom stereocenters. The Morgan fingerprint density at radius 1 is 1.41 bits per heavy atom. The molecule has 17 heavy (non-hydrogen) atoms. The molecule has 0 spiro atoms. The van der Waals surface area contributed by atoms with Crippen molar-refractivity contribution in [2.75, 3.05) is 29.5 Å². The maximum atomic E-state index is 10.8. The Labute approximate surface area is 103 Å². The van der Waals surface area contributed by atoms with E-state index in [1.807, 2.05) is 17.8 Å². The largest absolute Gasteiger partial charge is 0.370 e. The van der Waals surface area contributed by atoms with Crippen LogP contribution < -0.4 is 4.90 Å². The number of hydrogen-bond acceptors (Lipinski definition) is 5. The fourth-order valence-electron chi connectivity index (χ4n) is 1.78. The number of rotatable bonds is 2. The van der Waals surface area contributed by atoms with E-state index >= 15 is 0 Å². The van der Waals surface area contributed by atoms with E-state index in [1.54, 1.807) is 6.07 Å². The predicted octanol–water partition coefficient (Wildman–Crippen LogP) is 2.02. The summed E-state index contributed by atoms with van der Waals surface area (Å²) in [6, 6.07) is 6.64. The standard InChI is InChI=1S/C11H11N3O2S/c12-8-9-1-2-10(7-11(9)14(15)16)13-3-5-17-6-4-13/h1-2,7H,3-6H2. The molecule has 1 aliphatic rings. The maximum Gasteiger partial charge on any atom is 0.289 e. The van der Waals surface area contributed by atoms with E-state index in [9.17, 15) is 10.1 Å². The molecule has 0 amide bonds. The van der Waals surface area contributed by atoms with Crippen LogP contribution in [0, 0.1) is 21.4 Å². The van der Waals surface area contributed by atoms with E-state index in [1.165, 1.54) is 12.1 Å². The first-order valence-electron chi connectivity index (χ1n) is 5.23. The normalized spacial score (nSPS) is 15.4. The zero-order valence-corrected chi connectivity index (χ0v) is 9.94. The summed E-state index contributed by atoms with van der Waals surface area (Å²) in [6.45, 7) is 1.79. The highest BCUT2D eigenvalue weighted by Crippen LogP contribution is 2.26. The van der Waals surface area contributed by atoms with Gasteiger partial charge in [-0.05, 0) is 12.1 Å². The van der Waals surface area contributed by atoms with E-state index < -0.39 is 4.92 Å². The van der Waals surface area contributed by atoms with Crippen LogP contribution in [0.2, 0.25) is 0 Å². The topological polar surface area (TPSA) is 70.2 Å². The lowest BCUT2D eigenvalue weighted by Crippen LogP contribution is -2.32. The first-order chi connectivity index (χ1) is 8.22. The summed E-state index contributed by atoms with van der Waals surface area (Å²) >= 11 is 1.88. The fraction of sp³-hybridized carbons (Fsp3) is 0.364. The van der Waals surface area contributed by atoms with Crippen molar-refractivity contribution in [2.45, 2.75) is 0 Å². The van der Waals surface area contributed by atoms with Gasteiger partial charge in [0.2, 0.25) is 0 Å². The van der Waals surface area contributed by atoms with Gasteiger partial charge in [-0.3, -0.25) is 10.1 Å². The van der Waals surface area contributed by atoms with E-state index in [0.29, 0.717) is 0 Å². The molecule has 0 atom stereocenters.